The highest BCUT2D eigenvalue weighted by atomic mass is 19.1. The van der Waals surface area contributed by atoms with Gasteiger partial charge < -0.3 is 19.6 Å². The third kappa shape index (κ3) is 6.37. The van der Waals surface area contributed by atoms with Crippen molar-refractivity contribution in [1.82, 2.24) is 14.8 Å². The Balaban J connectivity index is 1.92. The van der Waals surface area contributed by atoms with Crippen molar-refractivity contribution < 1.29 is 23.8 Å². The molecule has 2 heterocycles. The third-order valence-electron chi connectivity index (χ3n) is 6.02. The standard InChI is InChI=1S/C27H32FN3O4/c1-5-6-7-8-20-13-23-25(29-14-20)35-24(18(2)15-31(27(23)34)19(3)17-32)16-30(4)26(33)21-9-11-22(28)12-10-21/h9-14,18-19,24,32H,5-6,15-17H2,1-4H3/t18-,19-,24+/m0/s1. The number of aliphatic hydroxyl groups is 1. The van der Waals surface area contributed by atoms with Crippen molar-refractivity contribution in [2.75, 3.05) is 26.7 Å². The molecule has 0 saturated carbocycles. The predicted octanol–water partition coefficient (Wildman–Crippen LogP) is 3.36. The largest absolute Gasteiger partial charge is 0.472 e. The van der Waals surface area contributed by atoms with Gasteiger partial charge in [0.25, 0.3) is 11.8 Å². The molecule has 0 aliphatic carbocycles. The second-order valence-corrected chi connectivity index (χ2v) is 8.94. The zero-order valence-corrected chi connectivity index (χ0v) is 20.6. The van der Waals surface area contributed by atoms with Crippen molar-refractivity contribution in [3.63, 3.8) is 0 Å². The van der Waals surface area contributed by atoms with Gasteiger partial charge in [0, 0.05) is 43.3 Å². The van der Waals surface area contributed by atoms with Crippen LogP contribution in [0.15, 0.2) is 36.5 Å². The molecule has 2 aromatic rings. The van der Waals surface area contributed by atoms with Crippen molar-refractivity contribution >= 4 is 11.8 Å². The maximum atomic E-state index is 13.4. The molecule has 0 saturated heterocycles. The molecule has 1 aliphatic rings. The van der Waals surface area contributed by atoms with E-state index in [4.69, 9.17) is 4.74 Å². The van der Waals surface area contributed by atoms with E-state index in [0.29, 0.717) is 17.7 Å². The lowest BCUT2D eigenvalue weighted by molar-refractivity contribution is 0.0313. The van der Waals surface area contributed by atoms with Crippen molar-refractivity contribution in [1.29, 1.82) is 0 Å². The average molecular weight is 482 g/mol. The number of ether oxygens (including phenoxy) is 1. The number of amides is 2. The van der Waals surface area contributed by atoms with Gasteiger partial charge in [0.1, 0.15) is 17.5 Å². The van der Waals surface area contributed by atoms with Crippen LogP contribution in [0.25, 0.3) is 0 Å². The summed E-state index contributed by atoms with van der Waals surface area (Å²) < 4.78 is 19.5. The van der Waals surface area contributed by atoms with E-state index >= 15 is 0 Å². The van der Waals surface area contributed by atoms with Crippen molar-refractivity contribution in [2.45, 2.75) is 45.8 Å². The zero-order chi connectivity index (χ0) is 25.5. The fourth-order valence-corrected chi connectivity index (χ4v) is 3.84. The summed E-state index contributed by atoms with van der Waals surface area (Å²) in [5.41, 5.74) is 1.25. The smallest absolute Gasteiger partial charge is 0.259 e. The molecule has 1 aromatic heterocycles. The van der Waals surface area contributed by atoms with Gasteiger partial charge in [0.2, 0.25) is 5.88 Å². The second kappa shape index (κ2) is 11.8. The summed E-state index contributed by atoms with van der Waals surface area (Å²) in [4.78, 5) is 33.8. The Kier molecular flexibility index (Phi) is 8.83. The number of pyridine rings is 1. The summed E-state index contributed by atoms with van der Waals surface area (Å²) in [5, 5.41) is 9.79. The monoisotopic (exact) mass is 481 g/mol. The van der Waals surface area contributed by atoms with Crippen LogP contribution >= 0.6 is 0 Å². The number of halogens is 1. The molecule has 7 nitrogen and oxygen atoms in total. The van der Waals surface area contributed by atoms with Gasteiger partial charge in [-0.05, 0) is 43.7 Å². The fourth-order valence-electron chi connectivity index (χ4n) is 3.84. The summed E-state index contributed by atoms with van der Waals surface area (Å²) in [6, 6.07) is 6.64. The molecular formula is C27H32FN3O4. The van der Waals surface area contributed by atoms with Crippen LogP contribution in [0, 0.1) is 23.6 Å². The molecule has 3 atom stereocenters. The molecule has 0 spiro atoms. The first-order valence-corrected chi connectivity index (χ1v) is 11.8. The molecule has 8 heteroatoms. The lowest BCUT2D eigenvalue weighted by Crippen LogP contribution is -2.50. The average Bonchev–Trinajstić information content (AvgIpc) is 2.86. The van der Waals surface area contributed by atoms with Crippen molar-refractivity contribution in [3.05, 3.63) is 59.0 Å². The van der Waals surface area contributed by atoms with Crippen LogP contribution in [-0.4, -0.2) is 70.6 Å². The number of carbonyl (C=O) groups is 2. The number of hydrogen-bond donors (Lipinski definition) is 1. The van der Waals surface area contributed by atoms with Crippen LogP contribution in [0.4, 0.5) is 4.39 Å². The number of aliphatic hydroxyl groups excluding tert-OH is 1. The molecule has 35 heavy (non-hydrogen) atoms. The first-order chi connectivity index (χ1) is 16.7. The number of likely N-dealkylation sites (N-methyl/N-ethyl adjacent to an activating group) is 1. The second-order valence-electron chi connectivity index (χ2n) is 8.94. The van der Waals surface area contributed by atoms with Crippen LogP contribution in [-0.2, 0) is 0 Å². The number of aromatic nitrogens is 1. The lowest BCUT2D eigenvalue weighted by atomic mass is 9.99. The zero-order valence-electron chi connectivity index (χ0n) is 20.6. The van der Waals surface area contributed by atoms with Gasteiger partial charge in [-0.25, -0.2) is 9.37 Å². The van der Waals surface area contributed by atoms with E-state index < -0.39 is 18.0 Å². The molecule has 0 radical (unpaired) electrons. The molecule has 2 amide bonds. The molecule has 0 unspecified atom stereocenters. The molecule has 0 fully saturated rings. The van der Waals surface area contributed by atoms with Gasteiger partial charge in [0.05, 0.1) is 19.2 Å². The molecular weight excluding hydrogens is 449 g/mol. The number of unbranched alkanes of at least 4 members (excludes halogenated alkanes) is 1. The van der Waals surface area contributed by atoms with Crippen molar-refractivity contribution in [3.8, 4) is 17.7 Å². The van der Waals surface area contributed by atoms with Gasteiger partial charge in [0.15, 0.2) is 0 Å². The first kappa shape index (κ1) is 26.2. The first-order valence-electron chi connectivity index (χ1n) is 11.8. The maximum absolute atomic E-state index is 13.4. The number of fused-ring (bicyclic) bond motifs is 1. The lowest BCUT2D eigenvalue weighted by Gasteiger charge is -2.37. The number of benzene rings is 1. The van der Waals surface area contributed by atoms with Crippen LogP contribution in [0.3, 0.4) is 0 Å². The van der Waals surface area contributed by atoms with Gasteiger partial charge >= 0.3 is 0 Å². The van der Waals surface area contributed by atoms with E-state index in [2.05, 4.69) is 16.8 Å². The normalized spacial score (nSPS) is 18.3. The summed E-state index contributed by atoms with van der Waals surface area (Å²) >= 11 is 0. The van der Waals surface area contributed by atoms with E-state index in [1.807, 2.05) is 13.8 Å². The number of rotatable bonds is 6. The van der Waals surface area contributed by atoms with E-state index in [0.717, 1.165) is 12.8 Å². The number of carbonyl (C=O) groups excluding carboxylic acids is 2. The highest BCUT2D eigenvalue weighted by Crippen LogP contribution is 2.27. The Bertz CT molecular complexity index is 1110. The summed E-state index contributed by atoms with van der Waals surface area (Å²) in [7, 11) is 1.65. The number of hydrogen-bond acceptors (Lipinski definition) is 5. The Morgan fingerprint density at radius 3 is 2.74 bits per heavy atom. The maximum Gasteiger partial charge on any atom is 0.259 e. The Morgan fingerprint density at radius 1 is 1.37 bits per heavy atom. The Morgan fingerprint density at radius 2 is 2.09 bits per heavy atom. The molecule has 0 bridgehead atoms. The minimum atomic E-state index is -0.478. The minimum absolute atomic E-state index is 0.171. The molecule has 3 rings (SSSR count). The SMILES string of the molecule is CCCC#Cc1cnc2c(c1)C(=O)N([C@@H](C)CO)C[C@H](C)[C@@H](CN(C)C(=O)c1ccc(F)cc1)O2. The van der Waals surface area contributed by atoms with E-state index in [9.17, 15) is 19.1 Å². The third-order valence-corrected chi connectivity index (χ3v) is 6.02. The fraction of sp³-hybridized carbons (Fsp3) is 0.444. The summed E-state index contributed by atoms with van der Waals surface area (Å²) in [6.07, 6.45) is 2.77. The van der Waals surface area contributed by atoms with Crippen molar-refractivity contribution in [2.24, 2.45) is 5.92 Å². The Hall–Kier alpha value is -3.44. The highest BCUT2D eigenvalue weighted by molar-refractivity contribution is 5.97. The minimum Gasteiger partial charge on any atom is -0.472 e. The summed E-state index contributed by atoms with van der Waals surface area (Å²) in [6.45, 7) is 6.12. The molecule has 1 N–H and O–H groups in total. The van der Waals surface area contributed by atoms with E-state index in [1.54, 1.807) is 31.1 Å². The molecule has 1 aliphatic heterocycles. The van der Waals surface area contributed by atoms with Crippen LogP contribution < -0.4 is 4.74 Å². The van der Waals surface area contributed by atoms with E-state index in [-0.39, 0.29) is 42.3 Å². The predicted molar refractivity (Wildman–Crippen MR) is 131 cm³/mol. The molecule has 1 aromatic carbocycles. The van der Waals surface area contributed by atoms with Crippen LogP contribution in [0.2, 0.25) is 0 Å². The van der Waals surface area contributed by atoms with Gasteiger partial charge in [-0.3, -0.25) is 9.59 Å². The van der Waals surface area contributed by atoms with Gasteiger partial charge in [-0.1, -0.05) is 25.7 Å². The van der Waals surface area contributed by atoms with E-state index in [1.165, 1.54) is 29.2 Å². The Labute approximate surface area is 205 Å². The van der Waals surface area contributed by atoms with Gasteiger partial charge in [-0.15, -0.1) is 0 Å². The topological polar surface area (TPSA) is 83.0 Å². The van der Waals surface area contributed by atoms with Crippen LogP contribution in [0.1, 0.15) is 59.9 Å². The summed E-state index contributed by atoms with van der Waals surface area (Å²) in [5.74, 6) is 5.12. The quantitative estimate of drug-likeness (QED) is 0.640. The number of nitrogens with zero attached hydrogens (tertiary/aromatic N) is 3. The molecule has 186 valence electrons. The van der Waals surface area contributed by atoms with Gasteiger partial charge in [-0.2, -0.15) is 0 Å². The highest BCUT2D eigenvalue weighted by Gasteiger charge is 2.34. The van der Waals surface area contributed by atoms with Crippen LogP contribution in [0.5, 0.6) is 5.88 Å².